The summed E-state index contributed by atoms with van der Waals surface area (Å²) < 4.78 is 13.5. The van der Waals surface area contributed by atoms with E-state index in [-0.39, 0.29) is 0 Å². The number of rotatable bonds is 1. The molecule has 4 heteroatoms. The molecule has 1 aromatic carbocycles. The monoisotopic (exact) mass is 222 g/mol. The highest BCUT2D eigenvalue weighted by atomic mass is 35.5. The highest BCUT2D eigenvalue weighted by molar-refractivity contribution is 6.30. The predicted octanol–water partition coefficient (Wildman–Crippen LogP) is 3.12. The van der Waals surface area contributed by atoms with Gasteiger partial charge in [0.25, 0.3) is 0 Å². The van der Waals surface area contributed by atoms with Crippen LogP contribution in [0.15, 0.2) is 36.4 Å². The zero-order valence-corrected chi connectivity index (χ0v) is 8.50. The lowest BCUT2D eigenvalue weighted by molar-refractivity contribution is 0.631. The average Bonchev–Trinajstić information content (AvgIpc) is 2.17. The van der Waals surface area contributed by atoms with Crippen molar-refractivity contribution >= 4 is 17.4 Å². The van der Waals surface area contributed by atoms with E-state index < -0.39 is 5.82 Å². The summed E-state index contributed by atoms with van der Waals surface area (Å²) in [5, 5.41) is 0.361. The first-order chi connectivity index (χ1) is 7.16. The topological polar surface area (TPSA) is 38.9 Å². The van der Waals surface area contributed by atoms with Crippen molar-refractivity contribution in [2.24, 2.45) is 0 Å². The molecule has 1 aromatic heterocycles. The van der Waals surface area contributed by atoms with E-state index in [1.54, 1.807) is 30.3 Å². The third kappa shape index (κ3) is 2.07. The SMILES string of the molecule is Nc1cccc(-c2ccc(Cl)cc2F)n1. The van der Waals surface area contributed by atoms with Crippen LogP contribution >= 0.6 is 11.6 Å². The van der Waals surface area contributed by atoms with Crippen molar-refractivity contribution in [2.45, 2.75) is 0 Å². The number of nitrogens with zero attached hydrogens (tertiary/aromatic N) is 1. The lowest BCUT2D eigenvalue weighted by Gasteiger charge is -2.03. The molecule has 2 nitrogen and oxygen atoms in total. The quantitative estimate of drug-likeness (QED) is 0.805. The zero-order chi connectivity index (χ0) is 10.8. The summed E-state index contributed by atoms with van der Waals surface area (Å²) in [6.07, 6.45) is 0. The largest absolute Gasteiger partial charge is 0.384 e. The van der Waals surface area contributed by atoms with Gasteiger partial charge in [-0.15, -0.1) is 0 Å². The minimum absolute atomic E-state index is 0.361. The summed E-state index contributed by atoms with van der Waals surface area (Å²) in [6, 6.07) is 9.53. The van der Waals surface area contributed by atoms with Crippen molar-refractivity contribution in [2.75, 3.05) is 5.73 Å². The van der Waals surface area contributed by atoms with Crippen molar-refractivity contribution in [1.82, 2.24) is 4.98 Å². The molecular formula is C11H8ClFN2. The number of pyridine rings is 1. The summed E-state index contributed by atoms with van der Waals surface area (Å²) in [5.74, 6) is -0.0394. The van der Waals surface area contributed by atoms with Gasteiger partial charge >= 0.3 is 0 Å². The summed E-state index contributed by atoms with van der Waals surface area (Å²) in [7, 11) is 0. The van der Waals surface area contributed by atoms with E-state index in [1.165, 1.54) is 6.07 Å². The number of nitrogen functional groups attached to an aromatic ring is 1. The number of anilines is 1. The van der Waals surface area contributed by atoms with E-state index in [1.807, 2.05) is 0 Å². The Bertz CT molecular complexity index is 500. The normalized spacial score (nSPS) is 10.3. The minimum atomic E-state index is -0.402. The van der Waals surface area contributed by atoms with Gasteiger partial charge in [-0.25, -0.2) is 9.37 Å². The molecule has 0 aliphatic rings. The van der Waals surface area contributed by atoms with Gasteiger partial charge < -0.3 is 5.73 Å². The molecule has 0 atom stereocenters. The Kier molecular flexibility index (Phi) is 2.56. The van der Waals surface area contributed by atoms with Crippen LogP contribution in [0.2, 0.25) is 5.02 Å². The van der Waals surface area contributed by atoms with Gasteiger partial charge in [0.2, 0.25) is 0 Å². The van der Waals surface area contributed by atoms with Gasteiger partial charge in [0, 0.05) is 10.6 Å². The first-order valence-corrected chi connectivity index (χ1v) is 4.72. The van der Waals surface area contributed by atoms with E-state index in [4.69, 9.17) is 17.3 Å². The smallest absolute Gasteiger partial charge is 0.134 e. The van der Waals surface area contributed by atoms with Crippen LogP contribution < -0.4 is 5.73 Å². The van der Waals surface area contributed by atoms with Crippen LogP contribution in [0.5, 0.6) is 0 Å². The standard InChI is InChI=1S/C11H8ClFN2/c12-7-4-5-8(9(13)6-7)10-2-1-3-11(14)15-10/h1-6H,(H2,14,15). The Hall–Kier alpha value is -1.61. The molecule has 1 heterocycles. The first-order valence-electron chi connectivity index (χ1n) is 4.35. The minimum Gasteiger partial charge on any atom is -0.384 e. The highest BCUT2D eigenvalue weighted by Crippen LogP contribution is 2.24. The maximum atomic E-state index is 13.5. The van der Waals surface area contributed by atoms with E-state index in [2.05, 4.69) is 4.98 Å². The molecule has 0 aliphatic carbocycles. The lowest BCUT2D eigenvalue weighted by Crippen LogP contribution is -1.93. The first kappa shape index (κ1) is 9.93. The molecule has 0 saturated heterocycles. The molecule has 2 N–H and O–H groups in total. The lowest BCUT2D eigenvalue weighted by atomic mass is 10.1. The molecule has 0 amide bonds. The van der Waals surface area contributed by atoms with Crippen molar-refractivity contribution in [3.63, 3.8) is 0 Å². The van der Waals surface area contributed by atoms with Gasteiger partial charge in [-0.2, -0.15) is 0 Å². The number of nitrogens with two attached hydrogens (primary N) is 1. The second-order valence-corrected chi connectivity index (χ2v) is 3.51. The maximum Gasteiger partial charge on any atom is 0.134 e. The van der Waals surface area contributed by atoms with Crippen molar-refractivity contribution in [1.29, 1.82) is 0 Å². The molecule has 0 aliphatic heterocycles. The van der Waals surface area contributed by atoms with Crippen molar-refractivity contribution < 1.29 is 4.39 Å². The van der Waals surface area contributed by atoms with Crippen molar-refractivity contribution in [3.05, 3.63) is 47.2 Å². The fourth-order valence-corrected chi connectivity index (χ4v) is 1.46. The van der Waals surface area contributed by atoms with Gasteiger partial charge in [0.05, 0.1) is 5.69 Å². The van der Waals surface area contributed by atoms with Crippen LogP contribution in [0.25, 0.3) is 11.3 Å². The molecule has 76 valence electrons. The average molecular weight is 223 g/mol. The number of halogens is 2. The Morgan fingerprint density at radius 2 is 2.00 bits per heavy atom. The van der Waals surface area contributed by atoms with Gasteiger partial charge in [0.1, 0.15) is 11.6 Å². The van der Waals surface area contributed by atoms with Crippen LogP contribution in [-0.2, 0) is 0 Å². The molecule has 0 bridgehead atoms. The van der Waals surface area contributed by atoms with Crippen molar-refractivity contribution in [3.8, 4) is 11.3 Å². The molecule has 0 unspecified atom stereocenters. The highest BCUT2D eigenvalue weighted by Gasteiger charge is 2.06. The summed E-state index contributed by atoms with van der Waals surface area (Å²) in [4.78, 5) is 4.03. The number of hydrogen-bond donors (Lipinski definition) is 1. The number of benzene rings is 1. The van der Waals surface area contributed by atoms with E-state index in [0.29, 0.717) is 22.1 Å². The van der Waals surface area contributed by atoms with Gasteiger partial charge in [-0.05, 0) is 30.3 Å². The second kappa shape index (κ2) is 3.87. The van der Waals surface area contributed by atoms with Crippen LogP contribution in [0.3, 0.4) is 0 Å². The molecule has 2 aromatic rings. The molecule has 0 radical (unpaired) electrons. The summed E-state index contributed by atoms with van der Waals surface area (Å²) in [5.41, 5.74) is 6.42. The Balaban J connectivity index is 2.54. The fraction of sp³-hybridized carbons (Fsp3) is 0. The predicted molar refractivity (Wildman–Crippen MR) is 59.1 cm³/mol. The Labute approximate surface area is 91.5 Å². The number of aromatic nitrogens is 1. The van der Waals surface area contributed by atoms with Crippen LogP contribution in [0, 0.1) is 5.82 Å². The fourth-order valence-electron chi connectivity index (χ4n) is 1.30. The van der Waals surface area contributed by atoms with Gasteiger partial charge in [-0.1, -0.05) is 17.7 Å². The molecule has 15 heavy (non-hydrogen) atoms. The van der Waals surface area contributed by atoms with Gasteiger partial charge in [-0.3, -0.25) is 0 Å². The van der Waals surface area contributed by atoms with Gasteiger partial charge in [0.15, 0.2) is 0 Å². The molecular weight excluding hydrogens is 215 g/mol. The maximum absolute atomic E-state index is 13.5. The third-order valence-electron chi connectivity index (χ3n) is 1.98. The van der Waals surface area contributed by atoms with Crippen LogP contribution in [0.4, 0.5) is 10.2 Å². The molecule has 0 fully saturated rings. The molecule has 2 rings (SSSR count). The van der Waals surface area contributed by atoms with Crippen LogP contribution in [0.1, 0.15) is 0 Å². The number of hydrogen-bond acceptors (Lipinski definition) is 2. The van der Waals surface area contributed by atoms with E-state index in [0.717, 1.165) is 0 Å². The Morgan fingerprint density at radius 3 is 2.67 bits per heavy atom. The summed E-state index contributed by atoms with van der Waals surface area (Å²) >= 11 is 5.65. The third-order valence-corrected chi connectivity index (χ3v) is 2.21. The zero-order valence-electron chi connectivity index (χ0n) is 7.74. The van der Waals surface area contributed by atoms with E-state index >= 15 is 0 Å². The van der Waals surface area contributed by atoms with E-state index in [9.17, 15) is 4.39 Å². The van der Waals surface area contributed by atoms with Crippen LogP contribution in [-0.4, -0.2) is 4.98 Å². The summed E-state index contributed by atoms with van der Waals surface area (Å²) in [6.45, 7) is 0. The molecule has 0 saturated carbocycles. The Morgan fingerprint density at radius 1 is 1.20 bits per heavy atom. The molecule has 0 spiro atoms. The second-order valence-electron chi connectivity index (χ2n) is 3.07.